The van der Waals surface area contributed by atoms with Crippen LogP contribution in [0, 0.1) is 0 Å². The van der Waals surface area contributed by atoms with Crippen molar-refractivity contribution in [1.29, 1.82) is 0 Å². The first-order valence-electron chi connectivity index (χ1n) is 10.7. The zero-order chi connectivity index (χ0) is 24.7. The number of alkyl carbamates (subject to hydrolysis) is 1. The van der Waals surface area contributed by atoms with Gasteiger partial charge in [-0.25, -0.2) is 4.79 Å². The van der Waals surface area contributed by atoms with Crippen LogP contribution in [0.2, 0.25) is 0 Å². The van der Waals surface area contributed by atoms with Gasteiger partial charge in [-0.15, -0.1) is 0 Å². The number of amides is 2. The maximum Gasteiger partial charge on any atom is 0.408 e. The van der Waals surface area contributed by atoms with Crippen molar-refractivity contribution in [2.75, 3.05) is 11.5 Å². The van der Waals surface area contributed by atoms with E-state index in [4.69, 9.17) is 4.74 Å². The van der Waals surface area contributed by atoms with Crippen molar-refractivity contribution in [2.24, 2.45) is 0 Å². The Morgan fingerprint density at radius 3 is 2.12 bits per heavy atom. The Kier molecular flexibility index (Phi) is 15.3. The highest BCUT2D eigenvalue weighted by molar-refractivity contribution is 7.99. The van der Waals surface area contributed by atoms with Gasteiger partial charge in [0.2, 0.25) is 0 Å². The van der Waals surface area contributed by atoms with Crippen LogP contribution in [0.3, 0.4) is 0 Å². The monoisotopic (exact) mass is 487 g/mol. The zero-order valence-corrected chi connectivity index (χ0v) is 22.0. The second-order valence-corrected chi connectivity index (χ2v) is 10.6. The third-order valence-electron chi connectivity index (χ3n) is 4.15. The van der Waals surface area contributed by atoms with E-state index >= 15 is 0 Å². The number of carbonyl (C=O) groups is 2. The summed E-state index contributed by atoms with van der Waals surface area (Å²) >= 11 is -1.32. The second kappa shape index (κ2) is 16.1. The minimum absolute atomic E-state index is 0.218. The summed E-state index contributed by atoms with van der Waals surface area (Å²) < 4.78 is 28.5. The molecule has 2 N–H and O–H groups in total. The SMILES string of the molecule is CC(C)=CCC/C(C)=C/CC/C(C)=C/CSC[C@H](NC(=O)OC(C)(C)C)C(=O)NS(=O)[O-]. The molecule has 0 aromatic heterocycles. The molecule has 0 spiro atoms. The van der Waals surface area contributed by atoms with Crippen molar-refractivity contribution in [3.05, 3.63) is 34.9 Å². The summed E-state index contributed by atoms with van der Waals surface area (Å²) in [5.74, 6) is 0.0660. The van der Waals surface area contributed by atoms with Gasteiger partial charge in [0.1, 0.15) is 11.6 Å². The van der Waals surface area contributed by atoms with E-state index in [1.807, 2.05) is 0 Å². The zero-order valence-electron chi connectivity index (χ0n) is 20.4. The normalized spacial score (nSPS) is 14.4. The maximum absolute atomic E-state index is 12.1. The maximum atomic E-state index is 12.1. The quantitative estimate of drug-likeness (QED) is 0.216. The molecule has 0 aromatic carbocycles. The second-order valence-electron chi connectivity index (χ2n) is 8.90. The van der Waals surface area contributed by atoms with Crippen LogP contribution in [0.4, 0.5) is 4.79 Å². The molecular weight excluding hydrogens is 448 g/mol. The van der Waals surface area contributed by atoms with E-state index in [-0.39, 0.29) is 5.75 Å². The van der Waals surface area contributed by atoms with E-state index in [0.717, 1.165) is 25.7 Å². The van der Waals surface area contributed by atoms with Crippen molar-refractivity contribution in [1.82, 2.24) is 10.0 Å². The van der Waals surface area contributed by atoms with Crippen molar-refractivity contribution >= 4 is 35.0 Å². The molecule has 2 atom stereocenters. The predicted octanol–water partition coefficient (Wildman–Crippen LogP) is 4.94. The Hall–Kier alpha value is -1.58. The molecule has 0 rings (SSSR count). The average molecular weight is 488 g/mol. The Morgan fingerprint density at radius 1 is 1.03 bits per heavy atom. The molecule has 184 valence electrons. The van der Waals surface area contributed by atoms with Crippen LogP contribution in [0.15, 0.2) is 34.9 Å². The molecule has 0 heterocycles. The minimum atomic E-state index is -2.75. The number of carbonyl (C=O) groups excluding carboxylic acids is 2. The van der Waals surface area contributed by atoms with Gasteiger partial charge >= 0.3 is 6.09 Å². The molecule has 0 aromatic rings. The first-order valence-corrected chi connectivity index (χ1v) is 12.9. The van der Waals surface area contributed by atoms with Crippen LogP contribution in [0.5, 0.6) is 0 Å². The Bertz CT molecular complexity index is 720. The number of nitrogens with one attached hydrogen (secondary N) is 2. The van der Waals surface area contributed by atoms with Crippen molar-refractivity contribution in [3.8, 4) is 0 Å². The summed E-state index contributed by atoms with van der Waals surface area (Å²) in [7, 11) is 0. The van der Waals surface area contributed by atoms with Gasteiger partial charge in [0.05, 0.1) is 0 Å². The largest absolute Gasteiger partial charge is 0.755 e. The van der Waals surface area contributed by atoms with Gasteiger partial charge in [-0.2, -0.15) is 11.8 Å². The smallest absolute Gasteiger partial charge is 0.408 e. The lowest BCUT2D eigenvalue weighted by Crippen LogP contribution is -2.49. The average Bonchev–Trinajstić information content (AvgIpc) is 2.61. The molecular formula is C23H39N2O5S2-. The first kappa shape index (κ1) is 30.4. The molecule has 0 bridgehead atoms. The van der Waals surface area contributed by atoms with Gasteiger partial charge in [0.25, 0.3) is 5.91 Å². The highest BCUT2D eigenvalue weighted by Crippen LogP contribution is 2.13. The molecule has 0 fully saturated rings. The third kappa shape index (κ3) is 18.0. The molecule has 0 aliphatic rings. The van der Waals surface area contributed by atoms with Gasteiger partial charge in [0, 0.05) is 22.8 Å². The van der Waals surface area contributed by atoms with Gasteiger partial charge in [0.15, 0.2) is 0 Å². The lowest BCUT2D eigenvalue weighted by atomic mass is 10.1. The number of hydrogen-bond acceptors (Lipinski definition) is 6. The summed E-state index contributed by atoms with van der Waals surface area (Å²) in [5.41, 5.74) is 3.25. The molecule has 0 aliphatic carbocycles. The van der Waals surface area contributed by atoms with Crippen LogP contribution >= 0.6 is 11.8 Å². The molecule has 0 radical (unpaired) electrons. The van der Waals surface area contributed by atoms with Crippen LogP contribution < -0.4 is 10.0 Å². The van der Waals surface area contributed by atoms with E-state index in [9.17, 15) is 18.4 Å². The summed E-state index contributed by atoms with van der Waals surface area (Å²) in [4.78, 5) is 24.1. The number of rotatable bonds is 13. The Labute approximate surface area is 200 Å². The lowest BCUT2D eigenvalue weighted by Gasteiger charge is -2.23. The summed E-state index contributed by atoms with van der Waals surface area (Å²) in [6.07, 6.45) is 9.92. The van der Waals surface area contributed by atoms with E-state index in [1.165, 1.54) is 28.5 Å². The molecule has 9 heteroatoms. The molecule has 1 unspecified atom stereocenters. The highest BCUT2D eigenvalue weighted by atomic mass is 32.2. The van der Waals surface area contributed by atoms with E-state index in [0.29, 0.717) is 5.75 Å². The number of hydrogen-bond donors (Lipinski definition) is 2. The molecule has 0 saturated heterocycles. The Balaban J connectivity index is 4.57. The molecule has 0 aliphatic heterocycles. The summed E-state index contributed by atoms with van der Waals surface area (Å²) in [5, 5.41) is 2.44. The molecule has 0 saturated carbocycles. The van der Waals surface area contributed by atoms with Gasteiger partial charge in [-0.05, 0) is 74.1 Å². The van der Waals surface area contributed by atoms with Crippen LogP contribution in [0.1, 0.15) is 74.1 Å². The lowest BCUT2D eigenvalue weighted by molar-refractivity contribution is -0.120. The van der Waals surface area contributed by atoms with E-state index in [2.05, 4.69) is 51.2 Å². The molecule has 7 nitrogen and oxygen atoms in total. The number of ether oxygens (including phenoxy) is 1. The molecule has 32 heavy (non-hydrogen) atoms. The highest BCUT2D eigenvalue weighted by Gasteiger charge is 2.24. The number of allylic oxidation sites excluding steroid dienone is 5. The standard InChI is InChI=1S/C23H40N2O5S2/c1-17(2)10-8-11-18(3)12-9-13-19(4)14-15-31-16-20(21(26)25-32(28)29)24-22(27)30-23(5,6)7/h10,12,14,20H,8-9,11,13,15-16H2,1-7H3,(H,24,27)(H,25,26)(H,28,29)/p-1/b18-12+,19-14+/t20-/m0/s1. The van der Waals surface area contributed by atoms with Crippen molar-refractivity contribution in [2.45, 2.75) is 85.8 Å². The van der Waals surface area contributed by atoms with E-state index in [1.54, 1.807) is 25.5 Å². The van der Waals surface area contributed by atoms with Crippen LogP contribution in [0.25, 0.3) is 0 Å². The third-order valence-corrected chi connectivity index (χ3v) is 5.49. The summed E-state index contributed by atoms with van der Waals surface area (Å²) in [6, 6.07) is -1.02. The molecule has 2 amide bonds. The van der Waals surface area contributed by atoms with E-state index < -0.39 is 34.9 Å². The fourth-order valence-electron chi connectivity index (χ4n) is 2.51. The van der Waals surface area contributed by atoms with Crippen molar-refractivity contribution < 1.29 is 23.1 Å². The predicted molar refractivity (Wildman–Crippen MR) is 133 cm³/mol. The fourth-order valence-corrected chi connectivity index (χ4v) is 3.83. The van der Waals surface area contributed by atoms with Crippen molar-refractivity contribution in [3.63, 3.8) is 0 Å². The Morgan fingerprint density at radius 2 is 1.59 bits per heavy atom. The van der Waals surface area contributed by atoms with Crippen LogP contribution in [-0.2, 0) is 20.8 Å². The van der Waals surface area contributed by atoms with Crippen LogP contribution in [-0.4, -0.2) is 43.9 Å². The minimum Gasteiger partial charge on any atom is -0.755 e. The first-order chi connectivity index (χ1) is 14.8. The van der Waals surface area contributed by atoms with Gasteiger partial charge in [-0.3, -0.25) is 13.7 Å². The summed E-state index contributed by atoms with van der Waals surface area (Å²) in [6.45, 7) is 13.6. The fraction of sp³-hybridized carbons (Fsp3) is 0.652. The number of thioether (sulfide) groups is 1. The topological polar surface area (TPSA) is 108 Å². The van der Waals surface area contributed by atoms with Gasteiger partial charge < -0.3 is 14.6 Å². The van der Waals surface area contributed by atoms with Gasteiger partial charge in [-0.1, -0.05) is 34.9 Å².